The molecule has 4 aromatic carbocycles. The van der Waals surface area contributed by atoms with Gasteiger partial charge in [0, 0.05) is 15.6 Å². The topological polar surface area (TPSA) is 123 Å². The summed E-state index contributed by atoms with van der Waals surface area (Å²) in [7, 11) is -3.44. The van der Waals surface area contributed by atoms with Gasteiger partial charge in [0.1, 0.15) is 10.8 Å². The zero-order chi connectivity index (χ0) is 32.0. The third-order valence-electron chi connectivity index (χ3n) is 6.65. The number of carboxylic acid groups (broad SMARTS) is 1. The molecule has 0 saturated heterocycles. The van der Waals surface area contributed by atoms with Crippen LogP contribution in [0.2, 0.25) is 10.0 Å². The Morgan fingerprint density at radius 2 is 1.67 bits per heavy atom. The minimum atomic E-state index is -3.44. The van der Waals surface area contributed by atoms with Gasteiger partial charge in [0.25, 0.3) is 12.1 Å². The van der Waals surface area contributed by atoms with Crippen LogP contribution in [0.25, 0.3) is 22.4 Å². The van der Waals surface area contributed by atoms with Gasteiger partial charge in [-0.25, -0.2) is 18.2 Å². The number of rotatable bonds is 12. The van der Waals surface area contributed by atoms with Crippen molar-refractivity contribution >= 4 is 78.6 Å². The van der Waals surface area contributed by atoms with Crippen LogP contribution >= 0.6 is 34.5 Å². The number of hydrogen-bond acceptors (Lipinski definition) is 7. The molecule has 230 valence electrons. The Morgan fingerprint density at radius 1 is 0.933 bits per heavy atom. The first kappa shape index (κ1) is 32.2. The Labute approximate surface area is 273 Å². The number of carboxylic acids is 1. The van der Waals surface area contributed by atoms with Gasteiger partial charge in [-0.3, -0.25) is 4.79 Å². The molecule has 2 N–H and O–H groups in total. The number of aryl methyl sites for hydroxylation is 1. The molecule has 1 amide bonds. The first-order valence-corrected chi connectivity index (χ1v) is 16.9. The highest BCUT2D eigenvalue weighted by atomic mass is 35.5. The van der Waals surface area contributed by atoms with Crippen molar-refractivity contribution in [2.24, 2.45) is 0 Å². The number of halogens is 2. The molecule has 0 bridgehead atoms. The lowest BCUT2D eigenvalue weighted by Gasteiger charge is -2.17. The molecule has 0 saturated carbocycles. The number of thiazole rings is 1. The quantitative estimate of drug-likeness (QED) is 0.132. The zero-order valence-electron chi connectivity index (χ0n) is 23.5. The van der Waals surface area contributed by atoms with Crippen LogP contribution in [-0.4, -0.2) is 42.4 Å². The number of sulfone groups is 1. The molecular weight excluding hydrogens is 655 g/mol. The van der Waals surface area contributed by atoms with Crippen LogP contribution in [0.1, 0.15) is 32.9 Å². The van der Waals surface area contributed by atoms with Gasteiger partial charge in [0.15, 0.2) is 9.84 Å². The highest BCUT2D eigenvalue weighted by molar-refractivity contribution is 7.91. The van der Waals surface area contributed by atoms with Gasteiger partial charge in [-0.2, -0.15) is 0 Å². The molecule has 0 aliphatic heterocycles. The van der Waals surface area contributed by atoms with Gasteiger partial charge < -0.3 is 15.2 Å². The molecule has 5 aromatic rings. The Morgan fingerprint density at radius 3 is 2.40 bits per heavy atom. The summed E-state index contributed by atoms with van der Waals surface area (Å²) >= 11 is 13.4. The smallest absolute Gasteiger partial charge is 0.366 e. The van der Waals surface area contributed by atoms with Crippen LogP contribution in [0.5, 0.6) is 5.75 Å². The molecule has 1 atom stereocenters. The van der Waals surface area contributed by atoms with Crippen molar-refractivity contribution in [1.29, 1.82) is 0 Å². The predicted octanol–water partition coefficient (Wildman–Crippen LogP) is 7.40. The van der Waals surface area contributed by atoms with E-state index in [0.29, 0.717) is 22.9 Å². The lowest BCUT2D eigenvalue weighted by molar-refractivity contribution is -0.146. The van der Waals surface area contributed by atoms with E-state index in [2.05, 4.69) is 10.3 Å². The van der Waals surface area contributed by atoms with E-state index < -0.39 is 27.9 Å². The van der Waals surface area contributed by atoms with Crippen molar-refractivity contribution in [2.75, 3.05) is 5.75 Å². The zero-order valence-corrected chi connectivity index (χ0v) is 26.7. The highest BCUT2D eigenvalue weighted by Crippen LogP contribution is 2.26. The maximum Gasteiger partial charge on any atom is 0.366 e. The van der Waals surface area contributed by atoms with Crippen LogP contribution < -0.4 is 10.1 Å². The van der Waals surface area contributed by atoms with E-state index in [1.807, 2.05) is 30.4 Å². The van der Waals surface area contributed by atoms with Crippen molar-refractivity contribution in [3.05, 3.63) is 123 Å². The Hall–Kier alpha value is -4.22. The number of aliphatic carboxylic acids is 1. The van der Waals surface area contributed by atoms with E-state index in [-0.39, 0.29) is 22.0 Å². The molecule has 12 heteroatoms. The second-order valence-electron chi connectivity index (χ2n) is 9.95. The molecule has 0 radical (unpaired) electrons. The molecule has 5 rings (SSSR count). The third-order valence-corrected chi connectivity index (χ3v) is 9.94. The second kappa shape index (κ2) is 14.3. The molecule has 1 heterocycles. The standard InChI is InChI=1S/C33H26Cl2N2O6S2/c34-24-9-14-27(15-10-24)45(41,42)18-2-4-21-6-12-26(13-7-21)43-32(33(39)40)37-31(38)23-5-1-3-22(19-23)8-17-30-36-28-16-11-25(35)20-29(28)44-30/h1,3,5-17,19-20,32H,2,4,18H2,(H,37,38)(H,39,40). The molecular formula is C33H26Cl2N2O6S2. The summed E-state index contributed by atoms with van der Waals surface area (Å²) in [5.41, 5.74) is 2.67. The van der Waals surface area contributed by atoms with Crippen LogP contribution in [0.15, 0.2) is 95.9 Å². The Balaban J connectivity index is 1.16. The van der Waals surface area contributed by atoms with E-state index in [1.54, 1.807) is 60.7 Å². The van der Waals surface area contributed by atoms with Gasteiger partial charge in [-0.15, -0.1) is 11.3 Å². The van der Waals surface area contributed by atoms with E-state index in [4.69, 9.17) is 27.9 Å². The molecule has 1 unspecified atom stereocenters. The second-order valence-corrected chi connectivity index (χ2v) is 14.0. The van der Waals surface area contributed by atoms with Crippen LogP contribution in [0.3, 0.4) is 0 Å². The summed E-state index contributed by atoms with van der Waals surface area (Å²) in [5.74, 6) is -1.79. The molecule has 0 fully saturated rings. The monoisotopic (exact) mass is 680 g/mol. The average Bonchev–Trinajstić information content (AvgIpc) is 3.43. The van der Waals surface area contributed by atoms with Gasteiger partial charge in [-0.1, -0.05) is 53.5 Å². The van der Waals surface area contributed by atoms with Crippen molar-refractivity contribution in [3.8, 4) is 5.75 Å². The lowest BCUT2D eigenvalue weighted by atomic mass is 10.1. The summed E-state index contributed by atoms with van der Waals surface area (Å²) in [4.78, 5) is 29.6. The Bertz CT molecular complexity index is 1980. The SMILES string of the molecule is O=C(NC(Oc1ccc(CCCS(=O)(=O)c2ccc(Cl)cc2)cc1)C(=O)O)c1cccc(C=Cc2nc3ccc(Cl)cc3s2)c1. The van der Waals surface area contributed by atoms with Crippen molar-refractivity contribution in [3.63, 3.8) is 0 Å². The van der Waals surface area contributed by atoms with Gasteiger partial charge in [0.05, 0.1) is 20.9 Å². The maximum atomic E-state index is 12.9. The van der Waals surface area contributed by atoms with Crippen LogP contribution in [0, 0.1) is 0 Å². The molecule has 0 aliphatic rings. The molecule has 0 spiro atoms. The average molecular weight is 682 g/mol. The summed E-state index contributed by atoms with van der Waals surface area (Å²) in [5, 5.41) is 14.0. The van der Waals surface area contributed by atoms with Crippen molar-refractivity contribution in [1.82, 2.24) is 10.3 Å². The molecule has 1 aromatic heterocycles. The number of fused-ring (bicyclic) bond motifs is 1. The van der Waals surface area contributed by atoms with E-state index >= 15 is 0 Å². The van der Waals surface area contributed by atoms with Gasteiger partial charge in [-0.05, 0) is 96.8 Å². The Kier molecular flexibility index (Phi) is 10.2. The minimum absolute atomic E-state index is 0.0334. The predicted molar refractivity (Wildman–Crippen MR) is 178 cm³/mol. The number of amides is 1. The summed E-state index contributed by atoms with van der Waals surface area (Å²) in [6.45, 7) is 0. The summed E-state index contributed by atoms with van der Waals surface area (Å²) in [6, 6.07) is 24.9. The third kappa shape index (κ3) is 8.70. The fourth-order valence-electron chi connectivity index (χ4n) is 4.38. The van der Waals surface area contributed by atoms with Crippen molar-refractivity contribution < 1.29 is 27.9 Å². The molecule has 8 nitrogen and oxygen atoms in total. The maximum absolute atomic E-state index is 12.9. The lowest BCUT2D eigenvalue weighted by Crippen LogP contribution is -2.44. The minimum Gasteiger partial charge on any atom is -0.477 e. The number of hydrogen-bond donors (Lipinski definition) is 2. The number of aromatic nitrogens is 1. The number of nitrogens with zero attached hydrogens (tertiary/aromatic N) is 1. The number of carbonyl (C=O) groups is 2. The van der Waals surface area contributed by atoms with Gasteiger partial charge in [0.2, 0.25) is 0 Å². The first-order valence-electron chi connectivity index (χ1n) is 13.7. The summed E-state index contributed by atoms with van der Waals surface area (Å²) < 4.78 is 31.6. The number of benzene rings is 4. The summed E-state index contributed by atoms with van der Waals surface area (Å²) in [6.07, 6.45) is 2.89. The molecule has 0 aliphatic carbocycles. The van der Waals surface area contributed by atoms with Crippen LogP contribution in [-0.2, 0) is 21.1 Å². The number of carbonyl (C=O) groups excluding carboxylic acids is 1. The highest BCUT2D eigenvalue weighted by Gasteiger charge is 2.23. The van der Waals surface area contributed by atoms with Gasteiger partial charge >= 0.3 is 5.97 Å². The first-order chi connectivity index (χ1) is 21.6. The fraction of sp³-hybridized carbons (Fsp3) is 0.121. The largest absolute Gasteiger partial charge is 0.477 e. The van der Waals surface area contributed by atoms with Crippen molar-refractivity contribution in [2.45, 2.75) is 24.0 Å². The number of nitrogens with one attached hydrogen (secondary N) is 1. The van der Waals surface area contributed by atoms with E-state index in [0.717, 1.165) is 26.4 Å². The van der Waals surface area contributed by atoms with Crippen LogP contribution in [0.4, 0.5) is 0 Å². The van der Waals surface area contributed by atoms with E-state index in [1.165, 1.54) is 23.5 Å². The molecule has 45 heavy (non-hydrogen) atoms. The normalized spacial score (nSPS) is 12.3. The fourth-order valence-corrected chi connectivity index (χ4v) is 6.96. The number of ether oxygens (including phenoxy) is 1. The van der Waals surface area contributed by atoms with E-state index in [9.17, 15) is 23.1 Å².